The second kappa shape index (κ2) is 5.40. The quantitative estimate of drug-likeness (QED) is 0.837. The first-order valence-electron chi connectivity index (χ1n) is 6.08. The Morgan fingerprint density at radius 1 is 1.29 bits per heavy atom. The molecular formula is C14H9BrF2N2O2. The molecule has 2 aromatic rings. The lowest BCUT2D eigenvalue weighted by molar-refractivity contribution is 0.131. The molecule has 1 aromatic heterocycles. The van der Waals surface area contributed by atoms with E-state index in [4.69, 9.17) is 4.74 Å². The van der Waals surface area contributed by atoms with Gasteiger partial charge in [-0.05, 0) is 39.7 Å². The van der Waals surface area contributed by atoms with E-state index in [-0.39, 0.29) is 5.56 Å². The summed E-state index contributed by atoms with van der Waals surface area (Å²) in [5, 5.41) is 2.52. The van der Waals surface area contributed by atoms with Gasteiger partial charge < -0.3 is 10.1 Å². The minimum Gasteiger partial charge on any atom is -0.439 e. The van der Waals surface area contributed by atoms with Crippen LogP contribution in [0.15, 0.2) is 41.0 Å². The van der Waals surface area contributed by atoms with Gasteiger partial charge in [-0.2, -0.15) is 4.39 Å². The molecule has 1 aliphatic rings. The van der Waals surface area contributed by atoms with Gasteiger partial charge in [0.2, 0.25) is 5.95 Å². The van der Waals surface area contributed by atoms with Crippen molar-refractivity contribution in [2.24, 2.45) is 0 Å². The molecule has 0 aliphatic carbocycles. The van der Waals surface area contributed by atoms with E-state index in [1.165, 1.54) is 30.5 Å². The van der Waals surface area contributed by atoms with Gasteiger partial charge in [0.05, 0.1) is 0 Å². The summed E-state index contributed by atoms with van der Waals surface area (Å²) < 4.78 is 32.9. The highest BCUT2D eigenvalue weighted by molar-refractivity contribution is 9.10. The number of rotatable bonds is 2. The van der Waals surface area contributed by atoms with E-state index in [0.29, 0.717) is 10.0 Å². The van der Waals surface area contributed by atoms with Gasteiger partial charge in [-0.1, -0.05) is 12.1 Å². The topological polar surface area (TPSA) is 51.2 Å². The molecule has 21 heavy (non-hydrogen) atoms. The van der Waals surface area contributed by atoms with Gasteiger partial charge in [0, 0.05) is 16.2 Å². The highest BCUT2D eigenvalue weighted by Gasteiger charge is 2.38. The number of ether oxygens (including phenoxy) is 1. The molecule has 0 bridgehead atoms. The zero-order chi connectivity index (χ0) is 15.0. The fourth-order valence-corrected chi connectivity index (χ4v) is 2.61. The first-order valence-corrected chi connectivity index (χ1v) is 6.87. The molecular weight excluding hydrogens is 346 g/mol. The van der Waals surface area contributed by atoms with Crippen molar-refractivity contribution in [2.45, 2.75) is 12.1 Å². The van der Waals surface area contributed by atoms with E-state index >= 15 is 0 Å². The lowest BCUT2D eigenvalue weighted by Crippen LogP contribution is -2.21. The summed E-state index contributed by atoms with van der Waals surface area (Å²) >= 11 is 3.20. The van der Waals surface area contributed by atoms with Gasteiger partial charge in [-0.15, -0.1) is 0 Å². The summed E-state index contributed by atoms with van der Waals surface area (Å²) in [5.74, 6) is -1.17. The molecule has 0 saturated carbocycles. The first kappa shape index (κ1) is 13.9. The van der Waals surface area contributed by atoms with E-state index in [1.807, 2.05) is 0 Å². The Balaban J connectivity index is 2.03. The molecule has 3 rings (SSSR count). The predicted molar refractivity (Wildman–Crippen MR) is 73.4 cm³/mol. The Bertz CT molecular complexity index is 711. The summed E-state index contributed by atoms with van der Waals surface area (Å²) in [5.41, 5.74) is 0.613. The Labute approximate surface area is 127 Å². The lowest BCUT2D eigenvalue weighted by Gasteiger charge is -2.18. The second-order valence-electron chi connectivity index (χ2n) is 4.54. The lowest BCUT2D eigenvalue weighted by atomic mass is 9.97. The van der Waals surface area contributed by atoms with Gasteiger partial charge in [0.15, 0.2) is 6.10 Å². The molecule has 7 heteroatoms. The van der Waals surface area contributed by atoms with Crippen molar-refractivity contribution < 1.29 is 18.3 Å². The number of nitrogens with one attached hydrogen (secondary N) is 1. The average molecular weight is 355 g/mol. The van der Waals surface area contributed by atoms with Crippen molar-refractivity contribution in [1.82, 2.24) is 10.3 Å². The Morgan fingerprint density at radius 3 is 2.86 bits per heavy atom. The third-order valence-electron chi connectivity index (χ3n) is 3.16. The number of nitrogens with zero attached hydrogens (tertiary/aromatic N) is 1. The minimum atomic E-state index is -0.821. The van der Waals surface area contributed by atoms with Crippen LogP contribution in [0.3, 0.4) is 0 Å². The summed E-state index contributed by atoms with van der Waals surface area (Å²) in [6.07, 6.45) is -0.194. The maximum atomic E-state index is 13.9. The zero-order valence-corrected chi connectivity index (χ0v) is 12.1. The molecule has 0 spiro atoms. The molecule has 1 N–H and O–H groups in total. The molecule has 2 atom stereocenters. The number of carbonyl (C=O) groups is 1. The number of aromatic nitrogens is 1. The number of carbonyl (C=O) groups excluding carboxylic acids is 1. The summed E-state index contributed by atoms with van der Waals surface area (Å²) in [6, 6.07) is 6.39. The number of amides is 1. The number of alkyl carbamates (subject to hydrolysis) is 1. The molecule has 1 saturated heterocycles. The molecule has 1 aromatic carbocycles. The van der Waals surface area contributed by atoms with E-state index in [0.717, 1.165) is 0 Å². The van der Waals surface area contributed by atoms with Crippen LogP contribution in [0.2, 0.25) is 0 Å². The molecule has 0 unspecified atom stereocenters. The maximum Gasteiger partial charge on any atom is 0.408 e. The fourth-order valence-electron chi connectivity index (χ4n) is 2.26. The Hall–Kier alpha value is -2.02. The van der Waals surface area contributed by atoms with E-state index in [1.54, 1.807) is 6.07 Å². The molecule has 0 radical (unpaired) electrons. The third kappa shape index (κ3) is 2.73. The number of pyridine rings is 1. The van der Waals surface area contributed by atoms with Crippen molar-refractivity contribution in [3.05, 3.63) is 63.9 Å². The van der Waals surface area contributed by atoms with Gasteiger partial charge in [-0.25, -0.2) is 14.2 Å². The van der Waals surface area contributed by atoms with Crippen LogP contribution in [0.1, 0.15) is 23.3 Å². The summed E-state index contributed by atoms with van der Waals surface area (Å²) in [6.45, 7) is 0. The van der Waals surface area contributed by atoms with Crippen molar-refractivity contribution in [1.29, 1.82) is 0 Å². The zero-order valence-electron chi connectivity index (χ0n) is 10.5. The van der Waals surface area contributed by atoms with Crippen molar-refractivity contribution in [2.75, 3.05) is 0 Å². The van der Waals surface area contributed by atoms with Crippen LogP contribution in [-0.4, -0.2) is 11.1 Å². The molecule has 108 valence electrons. The van der Waals surface area contributed by atoms with Gasteiger partial charge in [0.25, 0.3) is 0 Å². The van der Waals surface area contributed by atoms with Crippen LogP contribution in [0.5, 0.6) is 0 Å². The molecule has 1 amide bonds. The maximum absolute atomic E-state index is 13.9. The number of benzene rings is 1. The normalized spacial score (nSPS) is 21.0. The number of hydrogen-bond acceptors (Lipinski definition) is 3. The van der Waals surface area contributed by atoms with E-state index in [9.17, 15) is 13.6 Å². The standard InChI is InChI=1S/C14H9BrF2N2O2/c15-8-5-10(13(17)18-6-8)11-12(21-14(20)19-11)7-2-1-3-9(16)4-7/h1-6,11-12H,(H,19,20)/t11-,12-/m1/s1. The fraction of sp³-hybridized carbons (Fsp3) is 0.143. The predicted octanol–water partition coefficient (Wildman–Crippen LogP) is 3.64. The highest BCUT2D eigenvalue weighted by atomic mass is 79.9. The highest BCUT2D eigenvalue weighted by Crippen LogP contribution is 2.38. The van der Waals surface area contributed by atoms with Crippen LogP contribution in [0, 0.1) is 11.8 Å². The third-order valence-corrected chi connectivity index (χ3v) is 3.59. The van der Waals surface area contributed by atoms with E-state index in [2.05, 4.69) is 26.2 Å². The van der Waals surface area contributed by atoms with E-state index < -0.39 is 30.0 Å². The number of halogens is 3. The van der Waals surface area contributed by atoms with Crippen LogP contribution < -0.4 is 5.32 Å². The van der Waals surface area contributed by atoms with Gasteiger partial charge in [0.1, 0.15) is 11.9 Å². The summed E-state index contributed by atoms with van der Waals surface area (Å²) in [4.78, 5) is 15.1. The largest absolute Gasteiger partial charge is 0.439 e. The Kier molecular flexibility index (Phi) is 3.59. The SMILES string of the molecule is O=C1N[C@H](c2cc(Br)cnc2F)[C@@H](c2cccc(F)c2)O1. The molecule has 1 fully saturated rings. The number of hydrogen-bond donors (Lipinski definition) is 1. The van der Waals surface area contributed by atoms with Crippen LogP contribution in [-0.2, 0) is 4.74 Å². The minimum absolute atomic E-state index is 0.171. The second-order valence-corrected chi connectivity index (χ2v) is 5.45. The van der Waals surface area contributed by atoms with Crippen LogP contribution in [0.25, 0.3) is 0 Å². The number of cyclic esters (lactones) is 1. The summed E-state index contributed by atoms with van der Waals surface area (Å²) in [7, 11) is 0. The van der Waals surface area contributed by atoms with Crippen molar-refractivity contribution in [3.8, 4) is 0 Å². The van der Waals surface area contributed by atoms with Crippen LogP contribution >= 0.6 is 15.9 Å². The Morgan fingerprint density at radius 2 is 2.10 bits per heavy atom. The smallest absolute Gasteiger partial charge is 0.408 e. The van der Waals surface area contributed by atoms with Gasteiger partial charge in [-0.3, -0.25) is 0 Å². The first-order chi connectivity index (χ1) is 10.0. The van der Waals surface area contributed by atoms with Crippen molar-refractivity contribution in [3.63, 3.8) is 0 Å². The molecule has 2 heterocycles. The average Bonchev–Trinajstić information content (AvgIpc) is 2.83. The molecule has 4 nitrogen and oxygen atoms in total. The van der Waals surface area contributed by atoms with Gasteiger partial charge >= 0.3 is 6.09 Å². The monoisotopic (exact) mass is 354 g/mol. The van der Waals surface area contributed by atoms with Crippen LogP contribution in [0.4, 0.5) is 13.6 Å². The van der Waals surface area contributed by atoms with Crippen molar-refractivity contribution >= 4 is 22.0 Å². The molecule has 1 aliphatic heterocycles.